The summed E-state index contributed by atoms with van der Waals surface area (Å²) < 4.78 is 16.6. The van der Waals surface area contributed by atoms with Gasteiger partial charge >= 0.3 is 0 Å². The standard InChI is InChI=1S/C18H16N4O3S2/c1-10-4-5-13-11(7-10)8-14(27-13)17-21-22-18(25-17)26-9-15-19-20-16(24-15)12-3-2-6-23-12/h2-3,6,8,10H,4-5,7,9H2,1H3/t10-/m1/s1. The summed E-state index contributed by atoms with van der Waals surface area (Å²) in [5, 5.41) is 16.8. The second kappa shape index (κ2) is 6.97. The summed E-state index contributed by atoms with van der Waals surface area (Å²) in [7, 11) is 0. The van der Waals surface area contributed by atoms with Crippen LogP contribution < -0.4 is 0 Å². The van der Waals surface area contributed by atoms with E-state index < -0.39 is 0 Å². The quantitative estimate of drug-likeness (QED) is 0.439. The minimum Gasteiger partial charge on any atom is -0.459 e. The number of hydrogen-bond acceptors (Lipinski definition) is 9. The van der Waals surface area contributed by atoms with E-state index in [2.05, 4.69) is 33.4 Å². The smallest absolute Gasteiger partial charge is 0.283 e. The molecule has 4 heterocycles. The molecule has 138 valence electrons. The predicted octanol–water partition coefficient (Wildman–Crippen LogP) is 4.86. The molecule has 0 unspecified atom stereocenters. The molecular weight excluding hydrogens is 384 g/mol. The number of furan rings is 1. The maximum atomic E-state index is 5.82. The first-order valence-electron chi connectivity index (χ1n) is 8.69. The minimum atomic E-state index is 0.361. The summed E-state index contributed by atoms with van der Waals surface area (Å²) in [6, 6.07) is 5.75. The normalized spacial score (nSPS) is 16.6. The first-order valence-corrected chi connectivity index (χ1v) is 10.5. The van der Waals surface area contributed by atoms with E-state index in [1.807, 2.05) is 0 Å². The van der Waals surface area contributed by atoms with Gasteiger partial charge in [-0.2, -0.15) is 0 Å². The number of thioether (sulfide) groups is 1. The van der Waals surface area contributed by atoms with Crippen LogP contribution in [-0.4, -0.2) is 20.4 Å². The van der Waals surface area contributed by atoms with Crippen LogP contribution in [0.4, 0.5) is 0 Å². The Hall–Kier alpha value is -2.39. The van der Waals surface area contributed by atoms with Crippen molar-refractivity contribution >= 4 is 23.1 Å². The van der Waals surface area contributed by atoms with Gasteiger partial charge in [-0.15, -0.1) is 31.7 Å². The largest absolute Gasteiger partial charge is 0.459 e. The maximum Gasteiger partial charge on any atom is 0.283 e. The van der Waals surface area contributed by atoms with Crippen molar-refractivity contribution in [3.05, 3.63) is 40.8 Å². The Morgan fingerprint density at radius 1 is 1.19 bits per heavy atom. The van der Waals surface area contributed by atoms with Crippen LogP contribution in [0.3, 0.4) is 0 Å². The fourth-order valence-electron chi connectivity index (χ4n) is 3.11. The van der Waals surface area contributed by atoms with Gasteiger partial charge in [0.05, 0.1) is 16.9 Å². The van der Waals surface area contributed by atoms with Gasteiger partial charge in [0.15, 0.2) is 5.76 Å². The Bertz CT molecular complexity index is 1050. The van der Waals surface area contributed by atoms with Crippen molar-refractivity contribution in [1.29, 1.82) is 0 Å². The zero-order valence-electron chi connectivity index (χ0n) is 14.5. The van der Waals surface area contributed by atoms with Crippen LogP contribution >= 0.6 is 23.1 Å². The monoisotopic (exact) mass is 400 g/mol. The molecule has 5 rings (SSSR count). The average Bonchev–Trinajstić information content (AvgIpc) is 3.45. The number of thiophene rings is 1. The van der Waals surface area contributed by atoms with E-state index in [9.17, 15) is 0 Å². The van der Waals surface area contributed by atoms with Crippen molar-refractivity contribution < 1.29 is 13.3 Å². The molecule has 1 atom stereocenters. The molecule has 7 nitrogen and oxygen atoms in total. The Morgan fingerprint density at radius 3 is 3.00 bits per heavy atom. The summed E-state index contributed by atoms with van der Waals surface area (Å²) in [5.41, 5.74) is 1.43. The lowest BCUT2D eigenvalue weighted by Gasteiger charge is -2.16. The molecule has 4 aromatic rings. The number of fused-ring (bicyclic) bond motifs is 1. The van der Waals surface area contributed by atoms with Crippen molar-refractivity contribution in [1.82, 2.24) is 20.4 Å². The van der Waals surface area contributed by atoms with E-state index in [0.717, 1.165) is 23.6 Å². The number of aromatic nitrogens is 4. The number of aryl methyl sites for hydroxylation is 1. The van der Waals surface area contributed by atoms with E-state index in [1.54, 1.807) is 29.7 Å². The first-order chi connectivity index (χ1) is 13.2. The molecule has 0 aromatic carbocycles. The Morgan fingerprint density at radius 2 is 2.11 bits per heavy atom. The number of rotatable bonds is 5. The Balaban J connectivity index is 1.26. The van der Waals surface area contributed by atoms with Gasteiger partial charge in [0.2, 0.25) is 5.89 Å². The molecule has 0 fully saturated rings. The molecule has 0 N–H and O–H groups in total. The van der Waals surface area contributed by atoms with Crippen molar-refractivity contribution in [3.8, 4) is 22.4 Å². The molecule has 1 aliphatic carbocycles. The molecule has 4 aromatic heterocycles. The maximum absolute atomic E-state index is 5.82. The Kier molecular flexibility index (Phi) is 4.33. The van der Waals surface area contributed by atoms with Crippen LogP contribution in [0.5, 0.6) is 0 Å². The van der Waals surface area contributed by atoms with E-state index in [1.165, 1.54) is 28.6 Å². The number of nitrogens with zero attached hydrogens (tertiary/aromatic N) is 4. The van der Waals surface area contributed by atoms with Crippen LogP contribution in [0.2, 0.25) is 0 Å². The van der Waals surface area contributed by atoms with Crippen molar-refractivity contribution in [2.24, 2.45) is 5.92 Å². The predicted molar refractivity (Wildman–Crippen MR) is 100 cm³/mol. The van der Waals surface area contributed by atoms with Gasteiger partial charge in [-0.05, 0) is 48.9 Å². The van der Waals surface area contributed by atoms with Gasteiger partial charge in [-0.1, -0.05) is 18.7 Å². The van der Waals surface area contributed by atoms with Crippen LogP contribution in [0.1, 0.15) is 29.7 Å². The third-order valence-electron chi connectivity index (χ3n) is 4.46. The van der Waals surface area contributed by atoms with Crippen molar-refractivity contribution in [2.45, 2.75) is 37.2 Å². The van der Waals surface area contributed by atoms with Crippen LogP contribution in [0.25, 0.3) is 22.4 Å². The molecule has 1 aliphatic rings. The zero-order valence-corrected chi connectivity index (χ0v) is 16.2. The molecule has 27 heavy (non-hydrogen) atoms. The lowest BCUT2D eigenvalue weighted by atomic mass is 9.90. The highest BCUT2D eigenvalue weighted by atomic mass is 32.2. The first kappa shape index (κ1) is 16.8. The highest BCUT2D eigenvalue weighted by molar-refractivity contribution is 7.98. The molecule has 0 radical (unpaired) electrons. The lowest BCUT2D eigenvalue weighted by molar-refractivity contribution is 0.464. The third-order valence-corrected chi connectivity index (χ3v) is 6.49. The van der Waals surface area contributed by atoms with E-state index >= 15 is 0 Å². The van der Waals surface area contributed by atoms with E-state index in [4.69, 9.17) is 13.3 Å². The zero-order chi connectivity index (χ0) is 18.2. The van der Waals surface area contributed by atoms with E-state index in [0.29, 0.717) is 34.4 Å². The molecule has 0 spiro atoms. The highest BCUT2D eigenvalue weighted by Crippen LogP contribution is 2.37. The van der Waals surface area contributed by atoms with E-state index in [-0.39, 0.29) is 0 Å². The topological polar surface area (TPSA) is 91.0 Å². The fraction of sp³-hybridized carbons (Fsp3) is 0.333. The third kappa shape index (κ3) is 3.44. The molecule has 9 heteroatoms. The van der Waals surface area contributed by atoms with Gasteiger partial charge < -0.3 is 13.3 Å². The fourth-order valence-corrected chi connectivity index (χ4v) is 4.84. The lowest BCUT2D eigenvalue weighted by Crippen LogP contribution is -2.07. The highest BCUT2D eigenvalue weighted by Gasteiger charge is 2.21. The molecular formula is C18H16N4O3S2. The van der Waals surface area contributed by atoms with Crippen LogP contribution in [-0.2, 0) is 18.6 Å². The molecule has 0 bridgehead atoms. The number of hydrogen-bond donors (Lipinski definition) is 0. The van der Waals surface area contributed by atoms with Gasteiger partial charge in [0.25, 0.3) is 17.0 Å². The summed E-state index contributed by atoms with van der Waals surface area (Å²) in [5.74, 6) is 3.16. The van der Waals surface area contributed by atoms with Crippen molar-refractivity contribution in [2.75, 3.05) is 0 Å². The average molecular weight is 400 g/mol. The summed E-state index contributed by atoms with van der Waals surface area (Å²) in [6.45, 7) is 2.30. The van der Waals surface area contributed by atoms with Gasteiger partial charge in [0, 0.05) is 4.88 Å². The molecule has 0 saturated carbocycles. The van der Waals surface area contributed by atoms with Crippen LogP contribution in [0, 0.1) is 5.92 Å². The van der Waals surface area contributed by atoms with Gasteiger partial charge in [-0.25, -0.2) is 0 Å². The molecule has 0 aliphatic heterocycles. The van der Waals surface area contributed by atoms with Crippen molar-refractivity contribution in [3.63, 3.8) is 0 Å². The molecule has 0 amide bonds. The second-order valence-corrected chi connectivity index (χ2v) is 8.61. The summed E-state index contributed by atoms with van der Waals surface area (Å²) in [6.07, 6.45) is 5.10. The summed E-state index contributed by atoms with van der Waals surface area (Å²) in [4.78, 5) is 2.50. The van der Waals surface area contributed by atoms with Crippen LogP contribution in [0.15, 0.2) is 42.9 Å². The van der Waals surface area contributed by atoms with Gasteiger partial charge in [-0.3, -0.25) is 0 Å². The Labute approximate surface area is 163 Å². The van der Waals surface area contributed by atoms with Gasteiger partial charge in [0.1, 0.15) is 0 Å². The SMILES string of the molecule is C[C@@H]1CCc2sc(-c3nnc(SCc4nnc(-c5ccco5)o4)o3)cc2C1. The summed E-state index contributed by atoms with van der Waals surface area (Å²) >= 11 is 3.14. The minimum absolute atomic E-state index is 0.361. The second-order valence-electron chi connectivity index (χ2n) is 6.55. The molecule has 0 saturated heterocycles.